The summed E-state index contributed by atoms with van der Waals surface area (Å²) in [5.41, 5.74) is 0.176. The van der Waals surface area contributed by atoms with Crippen molar-refractivity contribution in [3.63, 3.8) is 0 Å². The molecule has 178 valence electrons. The first-order chi connectivity index (χ1) is 15.7. The van der Waals surface area contributed by atoms with Gasteiger partial charge in [-0.3, -0.25) is 14.4 Å². The number of carbonyl (C=O) groups is 4. The Morgan fingerprint density at radius 2 is 1.55 bits per heavy atom. The molecule has 8 nitrogen and oxygen atoms in total. The summed E-state index contributed by atoms with van der Waals surface area (Å²) in [6.45, 7) is 0. The second-order valence-corrected chi connectivity index (χ2v) is 10.2. The molecule has 4 bridgehead atoms. The number of hydrogen-bond acceptors (Lipinski definition) is 6. The highest BCUT2D eigenvalue weighted by Gasteiger charge is 2.63. The molecule has 0 spiro atoms. The third-order valence-corrected chi connectivity index (χ3v) is 7.77. The Morgan fingerprint density at radius 3 is 2.09 bits per heavy atom. The Bertz CT molecular complexity index is 940. The van der Waals surface area contributed by atoms with Crippen molar-refractivity contribution in [3.05, 3.63) is 35.4 Å². The standard InChI is InChI=1S/C25H31NO7/c1-32-21(29)19(8-15-3-5-16(6-4-15)9-20(27)28)26-22(30)24-10-17-7-18(11-24)13-25(12-17,14-24)23(31)33-2/h3-6,17-19H,7-14H2,1-2H3,(H,26,30)(H,27,28)/t17?,18?,19-,24?,25?/m0/s1. The molecule has 1 aromatic rings. The van der Waals surface area contributed by atoms with Gasteiger partial charge in [0.2, 0.25) is 5.91 Å². The van der Waals surface area contributed by atoms with E-state index in [4.69, 9.17) is 14.6 Å². The quantitative estimate of drug-likeness (QED) is 0.575. The molecule has 3 atom stereocenters. The van der Waals surface area contributed by atoms with Crippen molar-refractivity contribution in [1.29, 1.82) is 0 Å². The van der Waals surface area contributed by atoms with Crippen LogP contribution in [0, 0.1) is 22.7 Å². The fourth-order valence-corrected chi connectivity index (χ4v) is 6.83. The molecule has 0 heterocycles. The fourth-order valence-electron chi connectivity index (χ4n) is 6.83. The first kappa shape index (κ1) is 23.3. The highest BCUT2D eigenvalue weighted by Crippen LogP contribution is 2.65. The molecule has 0 saturated heterocycles. The Balaban J connectivity index is 1.51. The van der Waals surface area contributed by atoms with Gasteiger partial charge in [0.05, 0.1) is 31.5 Å². The Morgan fingerprint density at radius 1 is 0.970 bits per heavy atom. The maximum absolute atomic E-state index is 13.6. The predicted octanol–water partition coefficient (Wildman–Crippen LogP) is 2.27. The summed E-state index contributed by atoms with van der Waals surface area (Å²) in [5.74, 6) is -1.24. The molecule has 2 unspecified atom stereocenters. The summed E-state index contributed by atoms with van der Waals surface area (Å²) < 4.78 is 10.1. The van der Waals surface area contributed by atoms with E-state index >= 15 is 0 Å². The SMILES string of the molecule is COC(=O)[C@H](Cc1ccc(CC(=O)O)cc1)NC(=O)C12CC3CC(C1)CC(C(=O)OC)(C3)C2. The van der Waals surface area contributed by atoms with E-state index in [2.05, 4.69) is 5.32 Å². The summed E-state index contributed by atoms with van der Waals surface area (Å²) in [6, 6.07) is 6.07. The molecule has 5 rings (SSSR count). The van der Waals surface area contributed by atoms with E-state index < -0.39 is 28.8 Å². The van der Waals surface area contributed by atoms with Crippen molar-refractivity contribution in [3.8, 4) is 0 Å². The fraction of sp³-hybridized carbons (Fsp3) is 0.600. The van der Waals surface area contributed by atoms with Gasteiger partial charge in [-0.05, 0) is 61.5 Å². The van der Waals surface area contributed by atoms with Crippen LogP contribution in [0.15, 0.2) is 24.3 Å². The highest BCUT2D eigenvalue weighted by atomic mass is 16.5. The lowest BCUT2D eigenvalue weighted by atomic mass is 9.44. The number of nitrogens with one attached hydrogen (secondary N) is 1. The van der Waals surface area contributed by atoms with Gasteiger partial charge in [0.1, 0.15) is 6.04 Å². The van der Waals surface area contributed by atoms with Crippen molar-refractivity contribution in [2.75, 3.05) is 14.2 Å². The minimum atomic E-state index is -0.914. The van der Waals surface area contributed by atoms with Crippen molar-refractivity contribution >= 4 is 23.8 Å². The summed E-state index contributed by atoms with van der Waals surface area (Å²) >= 11 is 0. The molecule has 1 aromatic carbocycles. The summed E-state index contributed by atoms with van der Waals surface area (Å²) in [7, 11) is 2.69. The van der Waals surface area contributed by atoms with Gasteiger partial charge < -0.3 is 19.9 Å². The topological polar surface area (TPSA) is 119 Å². The largest absolute Gasteiger partial charge is 0.481 e. The molecule has 0 aliphatic heterocycles. The van der Waals surface area contributed by atoms with Gasteiger partial charge >= 0.3 is 17.9 Å². The first-order valence-corrected chi connectivity index (χ1v) is 11.5. The first-order valence-electron chi connectivity index (χ1n) is 11.5. The van der Waals surface area contributed by atoms with Crippen LogP contribution in [0.1, 0.15) is 49.7 Å². The van der Waals surface area contributed by atoms with E-state index in [-0.39, 0.29) is 24.7 Å². The van der Waals surface area contributed by atoms with E-state index in [9.17, 15) is 19.2 Å². The lowest BCUT2D eigenvalue weighted by Gasteiger charge is -2.59. The monoisotopic (exact) mass is 457 g/mol. The average Bonchev–Trinajstić information content (AvgIpc) is 2.77. The lowest BCUT2D eigenvalue weighted by Crippen LogP contribution is -2.61. The zero-order valence-corrected chi connectivity index (χ0v) is 19.1. The molecule has 4 aliphatic rings. The normalized spacial score (nSPS) is 30.4. The number of esters is 2. The van der Waals surface area contributed by atoms with Gasteiger partial charge in [0.25, 0.3) is 0 Å². The molecule has 4 aliphatic carbocycles. The Kier molecular flexibility index (Phi) is 6.20. The number of benzene rings is 1. The van der Waals surface area contributed by atoms with Crippen molar-refractivity contribution < 1.29 is 33.8 Å². The van der Waals surface area contributed by atoms with Crippen LogP contribution in [0.3, 0.4) is 0 Å². The molecule has 4 saturated carbocycles. The van der Waals surface area contributed by atoms with E-state index in [1.54, 1.807) is 24.3 Å². The number of carboxylic acids is 1. The van der Waals surface area contributed by atoms with E-state index in [1.807, 2.05) is 0 Å². The van der Waals surface area contributed by atoms with Crippen molar-refractivity contribution in [2.24, 2.45) is 22.7 Å². The van der Waals surface area contributed by atoms with Gasteiger partial charge in [-0.25, -0.2) is 4.79 Å². The second-order valence-electron chi connectivity index (χ2n) is 10.2. The van der Waals surface area contributed by atoms with Crippen LogP contribution < -0.4 is 5.32 Å². The van der Waals surface area contributed by atoms with Crippen LogP contribution in [0.25, 0.3) is 0 Å². The molecule has 0 radical (unpaired) electrons. The number of carbonyl (C=O) groups excluding carboxylic acids is 3. The molecule has 8 heteroatoms. The molecule has 2 N–H and O–H groups in total. The summed E-state index contributed by atoms with van der Waals surface area (Å²) in [4.78, 5) is 49.7. The average molecular weight is 458 g/mol. The van der Waals surface area contributed by atoms with Crippen LogP contribution in [-0.4, -0.2) is 49.2 Å². The summed E-state index contributed by atoms with van der Waals surface area (Å²) in [5, 5.41) is 11.9. The lowest BCUT2D eigenvalue weighted by molar-refractivity contribution is -0.182. The molecule has 4 fully saturated rings. The van der Waals surface area contributed by atoms with Gasteiger partial charge in [-0.1, -0.05) is 24.3 Å². The number of carboxylic acid groups (broad SMARTS) is 1. The van der Waals surface area contributed by atoms with E-state index in [0.29, 0.717) is 23.8 Å². The Labute approximate surface area is 193 Å². The maximum atomic E-state index is 13.6. The van der Waals surface area contributed by atoms with Crippen LogP contribution >= 0.6 is 0 Å². The number of aliphatic carboxylic acids is 1. The van der Waals surface area contributed by atoms with Crippen molar-refractivity contribution in [1.82, 2.24) is 5.32 Å². The summed E-state index contributed by atoms with van der Waals surface area (Å²) in [6.07, 6.45) is 4.65. The van der Waals surface area contributed by atoms with Crippen LogP contribution in [0.5, 0.6) is 0 Å². The van der Waals surface area contributed by atoms with E-state index in [1.165, 1.54) is 14.2 Å². The predicted molar refractivity (Wildman–Crippen MR) is 117 cm³/mol. The smallest absolute Gasteiger partial charge is 0.328 e. The molecular weight excluding hydrogens is 426 g/mol. The van der Waals surface area contributed by atoms with Crippen molar-refractivity contribution in [2.45, 2.75) is 57.4 Å². The highest BCUT2D eigenvalue weighted by molar-refractivity contribution is 5.90. The number of hydrogen-bond donors (Lipinski definition) is 2. The second kappa shape index (κ2) is 8.80. The number of ether oxygens (including phenoxy) is 2. The van der Waals surface area contributed by atoms with Gasteiger partial charge in [-0.15, -0.1) is 0 Å². The van der Waals surface area contributed by atoms with Gasteiger partial charge in [0, 0.05) is 6.42 Å². The minimum absolute atomic E-state index is 0.0791. The zero-order valence-electron chi connectivity index (χ0n) is 19.1. The number of methoxy groups -OCH3 is 2. The number of rotatable bonds is 8. The molecule has 33 heavy (non-hydrogen) atoms. The third-order valence-electron chi connectivity index (χ3n) is 7.77. The Hall–Kier alpha value is -2.90. The molecular formula is C25H31NO7. The molecule has 1 amide bonds. The van der Waals surface area contributed by atoms with Gasteiger partial charge in [0.15, 0.2) is 0 Å². The molecule has 0 aromatic heterocycles. The van der Waals surface area contributed by atoms with Crippen LogP contribution in [0.4, 0.5) is 0 Å². The van der Waals surface area contributed by atoms with Crippen LogP contribution in [0.2, 0.25) is 0 Å². The maximum Gasteiger partial charge on any atom is 0.328 e. The zero-order chi connectivity index (χ0) is 23.8. The third kappa shape index (κ3) is 4.48. The number of amides is 1. The minimum Gasteiger partial charge on any atom is -0.481 e. The van der Waals surface area contributed by atoms with Crippen LogP contribution in [-0.2, 0) is 41.5 Å². The van der Waals surface area contributed by atoms with E-state index in [0.717, 1.165) is 37.7 Å². The van der Waals surface area contributed by atoms with Gasteiger partial charge in [-0.2, -0.15) is 0 Å².